The molecule has 138 valence electrons. The van der Waals surface area contributed by atoms with Crippen LogP contribution >= 0.6 is 11.6 Å². The van der Waals surface area contributed by atoms with Crippen molar-refractivity contribution in [1.29, 1.82) is 0 Å². The minimum atomic E-state index is -0.434. The van der Waals surface area contributed by atoms with Gasteiger partial charge >= 0.3 is 5.97 Å². The van der Waals surface area contributed by atoms with Crippen LogP contribution in [0.25, 0.3) is 0 Å². The molecule has 1 aromatic carbocycles. The van der Waals surface area contributed by atoms with Crippen molar-refractivity contribution < 1.29 is 14.3 Å². The Balaban J connectivity index is 1.51. The zero-order valence-corrected chi connectivity index (χ0v) is 15.3. The smallest absolute Gasteiger partial charge is 0.339 e. The molecule has 0 aliphatic heterocycles. The summed E-state index contributed by atoms with van der Waals surface area (Å²) in [5.74, 6) is 1.32. The maximum atomic E-state index is 11.4. The highest BCUT2D eigenvalue weighted by Crippen LogP contribution is 2.20. The minimum absolute atomic E-state index is 0.373. The predicted molar refractivity (Wildman–Crippen MR) is 101 cm³/mol. The van der Waals surface area contributed by atoms with Gasteiger partial charge in [-0.2, -0.15) is 0 Å². The summed E-state index contributed by atoms with van der Waals surface area (Å²) in [5, 5.41) is 3.60. The molecule has 0 saturated carbocycles. The number of ether oxygens (including phenoxy) is 2. The second kappa shape index (κ2) is 8.95. The number of nitrogens with zero attached hydrogens (tertiary/aromatic N) is 3. The van der Waals surface area contributed by atoms with E-state index in [0.29, 0.717) is 34.7 Å². The molecule has 0 aliphatic rings. The summed E-state index contributed by atoms with van der Waals surface area (Å²) >= 11 is 5.82. The summed E-state index contributed by atoms with van der Waals surface area (Å²) in [4.78, 5) is 23.4. The van der Waals surface area contributed by atoms with Crippen LogP contribution < -0.4 is 10.1 Å². The summed E-state index contributed by atoms with van der Waals surface area (Å²) < 4.78 is 10.3. The van der Waals surface area contributed by atoms with Gasteiger partial charge in [-0.05, 0) is 30.2 Å². The average Bonchev–Trinajstić information content (AvgIpc) is 2.69. The number of rotatable bonds is 7. The number of methoxy groups -OCH3 is 1. The number of carbonyl (C=O) groups is 1. The van der Waals surface area contributed by atoms with Gasteiger partial charge in [0.15, 0.2) is 0 Å². The Hall–Kier alpha value is -3.19. The molecule has 2 aromatic heterocycles. The Morgan fingerprint density at radius 1 is 1.11 bits per heavy atom. The third-order valence-corrected chi connectivity index (χ3v) is 3.86. The Morgan fingerprint density at radius 3 is 2.59 bits per heavy atom. The van der Waals surface area contributed by atoms with E-state index in [1.165, 1.54) is 19.6 Å². The van der Waals surface area contributed by atoms with Crippen molar-refractivity contribution in [3.8, 4) is 11.6 Å². The van der Waals surface area contributed by atoms with Crippen molar-refractivity contribution in [1.82, 2.24) is 15.0 Å². The van der Waals surface area contributed by atoms with Gasteiger partial charge in [-0.25, -0.2) is 19.7 Å². The lowest BCUT2D eigenvalue weighted by Crippen LogP contribution is -2.06. The van der Waals surface area contributed by atoms with Gasteiger partial charge < -0.3 is 14.8 Å². The van der Waals surface area contributed by atoms with Crippen molar-refractivity contribution in [2.24, 2.45) is 0 Å². The van der Waals surface area contributed by atoms with E-state index in [1.807, 2.05) is 24.3 Å². The molecule has 0 aliphatic carbocycles. The Kier molecular flexibility index (Phi) is 6.17. The predicted octanol–water partition coefficient (Wildman–Crippen LogP) is 3.76. The first-order valence-corrected chi connectivity index (χ1v) is 8.54. The van der Waals surface area contributed by atoms with E-state index in [0.717, 1.165) is 12.0 Å². The number of halogens is 1. The SMILES string of the molecule is COC(=O)c1ccc(Oc2ccc(CCNc3cc(Cl)ncn3)cc2)nc1. The largest absolute Gasteiger partial charge is 0.465 e. The fourth-order valence-corrected chi connectivity index (χ4v) is 2.44. The minimum Gasteiger partial charge on any atom is -0.465 e. The molecule has 3 rings (SSSR count). The number of anilines is 1. The number of aromatic nitrogens is 3. The van der Waals surface area contributed by atoms with Crippen LogP contribution in [0.1, 0.15) is 15.9 Å². The summed E-state index contributed by atoms with van der Waals surface area (Å²) in [6, 6.07) is 12.6. The molecule has 0 atom stereocenters. The Labute approximate surface area is 161 Å². The van der Waals surface area contributed by atoms with E-state index in [2.05, 4.69) is 25.0 Å². The standard InChI is InChI=1S/C19H17ClN4O3/c1-26-19(25)14-4-7-18(22-11-14)27-15-5-2-13(3-6-15)8-9-21-17-10-16(20)23-12-24-17/h2-7,10-12H,8-9H2,1H3,(H,21,23,24). The molecule has 0 fully saturated rings. The van der Waals surface area contributed by atoms with Gasteiger partial charge in [0.25, 0.3) is 0 Å². The summed E-state index contributed by atoms with van der Waals surface area (Å²) in [5.41, 5.74) is 1.52. The highest BCUT2D eigenvalue weighted by molar-refractivity contribution is 6.29. The lowest BCUT2D eigenvalue weighted by molar-refractivity contribution is 0.0600. The van der Waals surface area contributed by atoms with Crippen LogP contribution in [0.15, 0.2) is 55.0 Å². The molecule has 0 unspecified atom stereocenters. The first-order valence-electron chi connectivity index (χ1n) is 8.16. The second-order valence-electron chi connectivity index (χ2n) is 5.53. The Bertz CT molecular complexity index is 902. The molecule has 0 radical (unpaired) electrons. The topological polar surface area (TPSA) is 86.2 Å². The van der Waals surface area contributed by atoms with Gasteiger partial charge in [0.05, 0.1) is 12.7 Å². The van der Waals surface area contributed by atoms with Gasteiger partial charge in [0.2, 0.25) is 5.88 Å². The molecule has 0 spiro atoms. The molecule has 2 heterocycles. The zero-order valence-electron chi connectivity index (χ0n) is 14.6. The molecular weight excluding hydrogens is 368 g/mol. The van der Waals surface area contributed by atoms with E-state index in [9.17, 15) is 4.79 Å². The number of nitrogens with one attached hydrogen (secondary N) is 1. The highest BCUT2D eigenvalue weighted by atomic mass is 35.5. The van der Waals surface area contributed by atoms with Gasteiger partial charge in [-0.1, -0.05) is 23.7 Å². The summed E-state index contributed by atoms with van der Waals surface area (Å²) in [6.45, 7) is 0.712. The average molecular weight is 385 g/mol. The van der Waals surface area contributed by atoms with Crippen LogP contribution in [0.5, 0.6) is 11.6 Å². The molecule has 27 heavy (non-hydrogen) atoms. The Morgan fingerprint density at radius 2 is 1.93 bits per heavy atom. The monoisotopic (exact) mass is 384 g/mol. The van der Waals surface area contributed by atoms with Crippen LogP contribution in [0.2, 0.25) is 5.15 Å². The van der Waals surface area contributed by atoms with Crippen molar-refractivity contribution in [2.45, 2.75) is 6.42 Å². The third kappa shape index (κ3) is 5.39. The van der Waals surface area contributed by atoms with Crippen molar-refractivity contribution in [2.75, 3.05) is 19.0 Å². The van der Waals surface area contributed by atoms with E-state index < -0.39 is 5.97 Å². The van der Waals surface area contributed by atoms with E-state index in [-0.39, 0.29) is 0 Å². The number of benzene rings is 1. The maximum Gasteiger partial charge on any atom is 0.339 e. The number of hydrogen-bond acceptors (Lipinski definition) is 7. The van der Waals surface area contributed by atoms with Crippen LogP contribution in [-0.4, -0.2) is 34.6 Å². The first-order chi connectivity index (χ1) is 13.1. The fourth-order valence-electron chi connectivity index (χ4n) is 2.29. The molecular formula is C19H17ClN4O3. The van der Waals surface area contributed by atoms with E-state index in [1.54, 1.807) is 18.2 Å². The summed E-state index contributed by atoms with van der Waals surface area (Å²) in [6.07, 6.45) is 3.65. The van der Waals surface area contributed by atoms with Crippen LogP contribution in [0.4, 0.5) is 5.82 Å². The van der Waals surface area contributed by atoms with Crippen molar-refractivity contribution in [3.05, 3.63) is 71.3 Å². The van der Waals surface area contributed by atoms with E-state index >= 15 is 0 Å². The van der Waals surface area contributed by atoms with Crippen LogP contribution in [0, 0.1) is 0 Å². The number of hydrogen-bond donors (Lipinski definition) is 1. The van der Waals surface area contributed by atoms with Crippen LogP contribution in [0.3, 0.4) is 0 Å². The van der Waals surface area contributed by atoms with Gasteiger partial charge in [0.1, 0.15) is 23.0 Å². The number of esters is 1. The fraction of sp³-hybridized carbons (Fsp3) is 0.158. The highest BCUT2D eigenvalue weighted by Gasteiger charge is 2.06. The van der Waals surface area contributed by atoms with Gasteiger partial charge in [-0.3, -0.25) is 0 Å². The zero-order chi connectivity index (χ0) is 19.1. The quantitative estimate of drug-likeness (QED) is 0.490. The first kappa shape index (κ1) is 18.6. The second-order valence-corrected chi connectivity index (χ2v) is 5.91. The lowest BCUT2D eigenvalue weighted by Gasteiger charge is -2.08. The molecule has 3 aromatic rings. The molecule has 0 bridgehead atoms. The normalized spacial score (nSPS) is 10.3. The van der Waals surface area contributed by atoms with Crippen molar-refractivity contribution in [3.63, 3.8) is 0 Å². The molecule has 7 nitrogen and oxygen atoms in total. The number of carbonyl (C=O) groups excluding carboxylic acids is 1. The van der Waals surface area contributed by atoms with Crippen molar-refractivity contribution >= 4 is 23.4 Å². The molecule has 0 amide bonds. The van der Waals surface area contributed by atoms with Gasteiger partial charge in [-0.15, -0.1) is 0 Å². The summed E-state index contributed by atoms with van der Waals surface area (Å²) in [7, 11) is 1.33. The molecule has 8 heteroatoms. The molecule has 1 N–H and O–H groups in total. The maximum absolute atomic E-state index is 11.4. The van der Waals surface area contributed by atoms with E-state index in [4.69, 9.17) is 16.3 Å². The van der Waals surface area contributed by atoms with Gasteiger partial charge in [0, 0.05) is 24.9 Å². The lowest BCUT2D eigenvalue weighted by atomic mass is 10.1. The number of pyridine rings is 1. The molecule has 0 saturated heterocycles. The van der Waals surface area contributed by atoms with Crippen LogP contribution in [-0.2, 0) is 11.2 Å². The third-order valence-electron chi connectivity index (χ3n) is 3.66.